The van der Waals surface area contributed by atoms with Crippen LogP contribution in [0.1, 0.15) is 12.0 Å². The van der Waals surface area contributed by atoms with Crippen molar-refractivity contribution >= 4 is 0 Å². The van der Waals surface area contributed by atoms with E-state index in [1.165, 1.54) is 24.3 Å². The van der Waals surface area contributed by atoms with Gasteiger partial charge >= 0.3 is 6.18 Å². The second-order valence-corrected chi connectivity index (χ2v) is 3.93. The Morgan fingerprint density at radius 2 is 1.81 bits per heavy atom. The number of phenols is 1. The minimum absolute atomic E-state index is 0.00260. The fraction of sp³-hybridized carbons (Fsp3) is 0.455. The molecule has 0 aliphatic carbocycles. The van der Waals surface area contributed by atoms with Crippen molar-refractivity contribution in [2.75, 3.05) is 6.61 Å². The highest BCUT2D eigenvalue weighted by Crippen LogP contribution is 2.44. The number of rotatable bonds is 2. The van der Waals surface area contributed by atoms with Crippen molar-refractivity contribution in [1.29, 1.82) is 0 Å². The lowest BCUT2D eigenvalue weighted by Crippen LogP contribution is -2.57. The maximum absolute atomic E-state index is 12.7. The highest BCUT2D eigenvalue weighted by atomic mass is 19.4. The Kier molecular flexibility index (Phi) is 2.58. The van der Waals surface area contributed by atoms with Crippen LogP contribution in [-0.2, 0) is 11.2 Å². The molecule has 0 amide bonds. The van der Waals surface area contributed by atoms with Crippen LogP contribution >= 0.6 is 0 Å². The first-order valence-corrected chi connectivity index (χ1v) is 4.92. The number of aromatic hydroxyl groups is 1. The first-order chi connectivity index (χ1) is 7.43. The molecule has 1 aromatic rings. The number of alkyl halides is 3. The number of halogens is 3. The van der Waals surface area contributed by atoms with E-state index in [0.717, 1.165) is 0 Å². The summed E-state index contributed by atoms with van der Waals surface area (Å²) in [6, 6.07) is 5.70. The molecule has 0 aromatic heterocycles. The maximum atomic E-state index is 12.7. The summed E-state index contributed by atoms with van der Waals surface area (Å²) < 4.78 is 43.0. The normalized spacial score (nSPS) is 25.2. The monoisotopic (exact) mass is 232 g/mol. The summed E-state index contributed by atoms with van der Waals surface area (Å²) in [5, 5.41) is 9.03. The summed E-state index contributed by atoms with van der Waals surface area (Å²) >= 11 is 0. The molecular formula is C11H11F3O2. The number of phenolic OH excluding ortho intramolecular Hbond substituents is 1. The maximum Gasteiger partial charge on any atom is 0.417 e. The Balaban J connectivity index is 2.16. The molecule has 1 aromatic carbocycles. The molecule has 2 rings (SSSR count). The van der Waals surface area contributed by atoms with Gasteiger partial charge in [-0.3, -0.25) is 0 Å². The molecule has 0 spiro atoms. The van der Waals surface area contributed by atoms with Gasteiger partial charge in [0.25, 0.3) is 0 Å². The summed E-state index contributed by atoms with van der Waals surface area (Å²) in [5.74, 6) is 0.0411. The van der Waals surface area contributed by atoms with Crippen LogP contribution in [0.4, 0.5) is 13.2 Å². The Labute approximate surface area is 90.7 Å². The summed E-state index contributed by atoms with van der Waals surface area (Å²) in [4.78, 5) is 0. The van der Waals surface area contributed by atoms with Gasteiger partial charge < -0.3 is 9.84 Å². The third-order valence-electron chi connectivity index (χ3n) is 2.83. The second kappa shape index (κ2) is 3.66. The van der Waals surface area contributed by atoms with E-state index in [2.05, 4.69) is 0 Å². The van der Waals surface area contributed by atoms with Crippen LogP contribution < -0.4 is 0 Å². The van der Waals surface area contributed by atoms with E-state index in [0.29, 0.717) is 5.56 Å². The third-order valence-corrected chi connectivity index (χ3v) is 2.83. The average molecular weight is 232 g/mol. The molecule has 1 heterocycles. The molecule has 0 radical (unpaired) electrons. The van der Waals surface area contributed by atoms with Crippen LogP contribution in [0.15, 0.2) is 24.3 Å². The largest absolute Gasteiger partial charge is 0.508 e. The minimum atomic E-state index is -4.34. The molecule has 1 aliphatic heterocycles. The first-order valence-electron chi connectivity index (χ1n) is 4.92. The van der Waals surface area contributed by atoms with E-state index in [1.54, 1.807) is 0 Å². The Bertz CT molecular complexity index is 366. The van der Waals surface area contributed by atoms with E-state index in [9.17, 15) is 13.2 Å². The minimum Gasteiger partial charge on any atom is -0.508 e. The number of ether oxygens (including phenoxy) is 1. The number of benzene rings is 1. The summed E-state index contributed by atoms with van der Waals surface area (Å²) in [6.45, 7) is 0.150. The Morgan fingerprint density at radius 3 is 2.19 bits per heavy atom. The third kappa shape index (κ3) is 1.87. The van der Waals surface area contributed by atoms with Crippen molar-refractivity contribution in [3.8, 4) is 5.75 Å². The molecule has 1 saturated heterocycles. The standard InChI is InChI=1S/C11H11F3O2/c12-11(13,14)10(5-6-16-10)7-8-1-3-9(15)4-2-8/h1-4,15H,5-7H2. The lowest BCUT2D eigenvalue weighted by Gasteiger charge is -2.43. The van der Waals surface area contributed by atoms with E-state index >= 15 is 0 Å². The van der Waals surface area contributed by atoms with Crippen LogP contribution in [0, 0.1) is 0 Å². The molecule has 0 saturated carbocycles. The predicted octanol–water partition coefficient (Wildman–Crippen LogP) is 2.66. The number of hydrogen-bond donors (Lipinski definition) is 1. The van der Waals surface area contributed by atoms with Crippen molar-refractivity contribution in [1.82, 2.24) is 0 Å². The lowest BCUT2D eigenvalue weighted by molar-refractivity contribution is -0.324. The average Bonchev–Trinajstić information content (AvgIpc) is 2.12. The molecule has 0 bridgehead atoms. The van der Waals surface area contributed by atoms with Crippen LogP contribution in [0.3, 0.4) is 0 Å². The fourth-order valence-corrected chi connectivity index (χ4v) is 1.76. The van der Waals surface area contributed by atoms with Crippen LogP contribution in [0.2, 0.25) is 0 Å². The highest BCUT2D eigenvalue weighted by Gasteiger charge is 2.59. The molecule has 88 valence electrons. The van der Waals surface area contributed by atoms with E-state index in [1.807, 2.05) is 0 Å². The zero-order valence-electron chi connectivity index (χ0n) is 8.42. The van der Waals surface area contributed by atoms with Crippen molar-refractivity contribution in [2.24, 2.45) is 0 Å². The van der Waals surface area contributed by atoms with Gasteiger partial charge in [0.2, 0.25) is 0 Å². The van der Waals surface area contributed by atoms with Gasteiger partial charge in [0.1, 0.15) is 5.75 Å². The highest BCUT2D eigenvalue weighted by molar-refractivity contribution is 5.27. The van der Waals surface area contributed by atoms with E-state index in [-0.39, 0.29) is 25.2 Å². The fourth-order valence-electron chi connectivity index (χ4n) is 1.76. The lowest BCUT2D eigenvalue weighted by atomic mass is 9.87. The van der Waals surface area contributed by atoms with Crippen molar-refractivity contribution < 1.29 is 23.0 Å². The Morgan fingerprint density at radius 1 is 1.25 bits per heavy atom. The second-order valence-electron chi connectivity index (χ2n) is 3.93. The molecule has 1 atom stereocenters. The van der Waals surface area contributed by atoms with Gasteiger partial charge in [-0.25, -0.2) is 0 Å². The zero-order chi connectivity index (χ0) is 11.8. The van der Waals surface area contributed by atoms with Crippen LogP contribution in [-0.4, -0.2) is 23.5 Å². The topological polar surface area (TPSA) is 29.5 Å². The van der Waals surface area contributed by atoms with E-state index in [4.69, 9.17) is 9.84 Å². The smallest absolute Gasteiger partial charge is 0.417 e. The predicted molar refractivity (Wildman–Crippen MR) is 51.2 cm³/mol. The molecule has 1 aliphatic rings. The summed E-state index contributed by atoms with van der Waals surface area (Å²) in [5.41, 5.74) is -1.51. The molecule has 5 heteroatoms. The van der Waals surface area contributed by atoms with Crippen molar-refractivity contribution in [2.45, 2.75) is 24.6 Å². The van der Waals surface area contributed by atoms with Gasteiger partial charge in [0, 0.05) is 12.8 Å². The van der Waals surface area contributed by atoms with Gasteiger partial charge in [-0.2, -0.15) is 13.2 Å². The SMILES string of the molecule is Oc1ccc(CC2(C(F)(F)F)CCO2)cc1. The summed E-state index contributed by atoms with van der Waals surface area (Å²) in [6.07, 6.45) is -4.54. The molecule has 2 nitrogen and oxygen atoms in total. The van der Waals surface area contributed by atoms with E-state index < -0.39 is 11.8 Å². The molecule has 1 N–H and O–H groups in total. The van der Waals surface area contributed by atoms with Gasteiger partial charge in [-0.05, 0) is 17.7 Å². The van der Waals surface area contributed by atoms with Gasteiger partial charge in [0.15, 0.2) is 5.60 Å². The Hall–Kier alpha value is -1.23. The first kappa shape index (κ1) is 11.3. The summed E-state index contributed by atoms with van der Waals surface area (Å²) in [7, 11) is 0. The molecule has 1 unspecified atom stereocenters. The van der Waals surface area contributed by atoms with Crippen LogP contribution in [0.5, 0.6) is 5.75 Å². The molecule has 16 heavy (non-hydrogen) atoms. The molecule has 1 fully saturated rings. The van der Waals surface area contributed by atoms with Gasteiger partial charge in [0.05, 0.1) is 6.61 Å². The number of hydrogen-bond acceptors (Lipinski definition) is 2. The van der Waals surface area contributed by atoms with Gasteiger partial charge in [-0.1, -0.05) is 12.1 Å². The molecular weight excluding hydrogens is 221 g/mol. The van der Waals surface area contributed by atoms with Crippen LogP contribution in [0.25, 0.3) is 0 Å². The zero-order valence-corrected chi connectivity index (χ0v) is 8.42. The van der Waals surface area contributed by atoms with Gasteiger partial charge in [-0.15, -0.1) is 0 Å². The van der Waals surface area contributed by atoms with Crippen molar-refractivity contribution in [3.63, 3.8) is 0 Å². The quantitative estimate of drug-likeness (QED) is 0.849. The van der Waals surface area contributed by atoms with Crippen molar-refractivity contribution in [3.05, 3.63) is 29.8 Å².